The van der Waals surface area contributed by atoms with Gasteiger partial charge in [-0.3, -0.25) is 14.8 Å². The molecule has 0 radical (unpaired) electrons. The summed E-state index contributed by atoms with van der Waals surface area (Å²) in [5, 5.41) is 6.24. The Hall–Kier alpha value is -3.65. The molecule has 0 saturated carbocycles. The fourth-order valence-electron chi connectivity index (χ4n) is 4.01. The maximum Gasteiger partial charge on any atom is 0.274 e. The molecule has 3 heterocycles. The van der Waals surface area contributed by atoms with Crippen molar-refractivity contribution in [2.45, 2.75) is 20.0 Å². The average molecular weight is 430 g/mol. The van der Waals surface area contributed by atoms with Crippen LogP contribution in [0.25, 0.3) is 5.78 Å². The molecule has 0 aliphatic carbocycles. The van der Waals surface area contributed by atoms with Crippen molar-refractivity contribution >= 4 is 17.4 Å². The van der Waals surface area contributed by atoms with E-state index in [1.54, 1.807) is 6.07 Å². The first kappa shape index (κ1) is 20.3. The minimum Gasteiger partial charge on any atom is -0.369 e. The normalized spacial score (nSPS) is 14.7. The number of H-pyrrole nitrogens is 1. The fourth-order valence-corrected chi connectivity index (χ4v) is 4.01. The third kappa shape index (κ3) is 4.50. The molecule has 4 aromatic rings. The van der Waals surface area contributed by atoms with Gasteiger partial charge in [0.2, 0.25) is 5.95 Å². The van der Waals surface area contributed by atoms with Crippen LogP contribution in [0.2, 0.25) is 0 Å². The van der Waals surface area contributed by atoms with Crippen molar-refractivity contribution in [3.8, 4) is 0 Å². The number of para-hydroxylation sites is 1. The van der Waals surface area contributed by atoms with Crippen molar-refractivity contribution in [1.82, 2.24) is 24.5 Å². The number of hydrogen-bond donors (Lipinski definition) is 2. The molecule has 1 saturated heterocycles. The highest BCUT2D eigenvalue weighted by atomic mass is 16.1. The zero-order valence-electron chi connectivity index (χ0n) is 18.2. The highest BCUT2D eigenvalue weighted by Crippen LogP contribution is 2.16. The van der Waals surface area contributed by atoms with Crippen molar-refractivity contribution < 1.29 is 0 Å². The summed E-state index contributed by atoms with van der Waals surface area (Å²) in [5.41, 5.74) is 4.23. The number of rotatable bonds is 6. The maximum absolute atomic E-state index is 12.6. The summed E-state index contributed by atoms with van der Waals surface area (Å²) in [4.78, 5) is 26.4. The van der Waals surface area contributed by atoms with Crippen LogP contribution in [0, 0.1) is 6.92 Å². The van der Waals surface area contributed by atoms with E-state index in [1.807, 2.05) is 6.07 Å². The first-order valence-electron chi connectivity index (χ1n) is 10.9. The number of aryl methyl sites for hydroxylation is 1. The number of nitrogens with zero attached hydrogens (tertiary/aromatic N) is 5. The lowest BCUT2D eigenvalue weighted by Crippen LogP contribution is -2.46. The lowest BCUT2D eigenvalue weighted by Gasteiger charge is -2.35. The largest absolute Gasteiger partial charge is 0.369 e. The van der Waals surface area contributed by atoms with Crippen LogP contribution in [0.5, 0.6) is 0 Å². The zero-order chi connectivity index (χ0) is 21.9. The number of nitrogens with one attached hydrogen (secondary N) is 2. The molecule has 8 heteroatoms. The molecule has 0 unspecified atom stereocenters. The van der Waals surface area contributed by atoms with Crippen LogP contribution in [0.4, 0.5) is 11.6 Å². The fraction of sp³-hybridized carbons (Fsp3) is 0.292. The SMILES string of the molecule is Cc1ccc(CNc2nc3nc(CN4CCN(c5ccccc5)CC4)cc(=O)n3[nH]2)cc1. The van der Waals surface area contributed by atoms with E-state index >= 15 is 0 Å². The molecule has 0 amide bonds. The molecule has 32 heavy (non-hydrogen) atoms. The first-order chi connectivity index (χ1) is 15.6. The van der Waals surface area contributed by atoms with Gasteiger partial charge in [0, 0.05) is 51.0 Å². The van der Waals surface area contributed by atoms with E-state index in [2.05, 4.69) is 85.6 Å². The van der Waals surface area contributed by atoms with E-state index in [-0.39, 0.29) is 5.56 Å². The first-order valence-corrected chi connectivity index (χ1v) is 10.9. The van der Waals surface area contributed by atoms with Crippen LogP contribution in [-0.4, -0.2) is 50.7 Å². The molecular formula is C24H27N7O. The van der Waals surface area contributed by atoms with Crippen molar-refractivity contribution in [3.63, 3.8) is 0 Å². The highest BCUT2D eigenvalue weighted by Gasteiger charge is 2.18. The summed E-state index contributed by atoms with van der Waals surface area (Å²) in [6.07, 6.45) is 0. The molecule has 0 spiro atoms. The summed E-state index contributed by atoms with van der Waals surface area (Å²) in [6, 6.07) is 20.4. The molecule has 0 bridgehead atoms. The quantitative estimate of drug-likeness (QED) is 0.491. The predicted molar refractivity (Wildman–Crippen MR) is 126 cm³/mol. The van der Waals surface area contributed by atoms with E-state index in [0.29, 0.717) is 24.8 Å². The van der Waals surface area contributed by atoms with Gasteiger partial charge < -0.3 is 10.2 Å². The number of fused-ring (bicyclic) bond motifs is 1. The molecular weight excluding hydrogens is 402 g/mol. The minimum absolute atomic E-state index is 0.149. The van der Waals surface area contributed by atoms with Crippen LogP contribution in [0.1, 0.15) is 16.8 Å². The summed E-state index contributed by atoms with van der Waals surface area (Å²) in [7, 11) is 0. The molecule has 1 aliphatic rings. The number of piperazine rings is 1. The van der Waals surface area contributed by atoms with Gasteiger partial charge in [0.15, 0.2) is 0 Å². The van der Waals surface area contributed by atoms with Gasteiger partial charge in [-0.2, -0.15) is 9.50 Å². The molecule has 1 fully saturated rings. The second kappa shape index (κ2) is 8.84. The lowest BCUT2D eigenvalue weighted by atomic mass is 10.1. The highest BCUT2D eigenvalue weighted by molar-refractivity contribution is 5.46. The third-order valence-corrected chi connectivity index (χ3v) is 5.84. The predicted octanol–water partition coefficient (Wildman–Crippen LogP) is 2.66. The van der Waals surface area contributed by atoms with Crippen LogP contribution in [-0.2, 0) is 13.1 Å². The Morgan fingerprint density at radius 1 is 0.969 bits per heavy atom. The second-order valence-electron chi connectivity index (χ2n) is 8.23. The van der Waals surface area contributed by atoms with Gasteiger partial charge in [-0.1, -0.05) is 48.0 Å². The van der Waals surface area contributed by atoms with E-state index in [0.717, 1.165) is 37.4 Å². The van der Waals surface area contributed by atoms with Gasteiger partial charge in [-0.05, 0) is 24.6 Å². The summed E-state index contributed by atoms with van der Waals surface area (Å²) in [6.45, 7) is 7.11. The number of anilines is 2. The smallest absolute Gasteiger partial charge is 0.274 e. The van der Waals surface area contributed by atoms with E-state index in [9.17, 15) is 4.79 Å². The van der Waals surface area contributed by atoms with Gasteiger partial charge in [0.1, 0.15) is 0 Å². The third-order valence-electron chi connectivity index (χ3n) is 5.84. The van der Waals surface area contributed by atoms with Crippen LogP contribution >= 0.6 is 0 Å². The zero-order valence-corrected chi connectivity index (χ0v) is 18.2. The van der Waals surface area contributed by atoms with Crippen molar-refractivity contribution in [2.75, 3.05) is 36.4 Å². The van der Waals surface area contributed by atoms with E-state index in [1.165, 1.54) is 15.8 Å². The molecule has 5 rings (SSSR count). The topological polar surface area (TPSA) is 81.6 Å². The second-order valence-corrected chi connectivity index (χ2v) is 8.23. The summed E-state index contributed by atoms with van der Waals surface area (Å²) in [5.74, 6) is 0.922. The van der Waals surface area contributed by atoms with Crippen LogP contribution in [0.15, 0.2) is 65.5 Å². The molecule has 0 atom stereocenters. The Bertz CT molecular complexity index is 1240. The number of hydrogen-bond acceptors (Lipinski definition) is 6. The van der Waals surface area contributed by atoms with Gasteiger partial charge in [-0.15, -0.1) is 0 Å². The lowest BCUT2D eigenvalue weighted by molar-refractivity contribution is 0.247. The molecule has 2 N–H and O–H groups in total. The number of aromatic amines is 1. The Labute approximate surface area is 186 Å². The molecule has 8 nitrogen and oxygen atoms in total. The van der Waals surface area contributed by atoms with Crippen LogP contribution in [0.3, 0.4) is 0 Å². The Morgan fingerprint density at radius 2 is 1.72 bits per heavy atom. The minimum atomic E-state index is -0.149. The van der Waals surface area contributed by atoms with Gasteiger partial charge in [-0.25, -0.2) is 4.98 Å². The summed E-state index contributed by atoms with van der Waals surface area (Å²) >= 11 is 0. The molecule has 1 aliphatic heterocycles. The average Bonchev–Trinajstić information content (AvgIpc) is 3.23. The van der Waals surface area contributed by atoms with Crippen molar-refractivity contribution in [2.24, 2.45) is 0 Å². The molecule has 2 aromatic carbocycles. The Kier molecular flexibility index (Phi) is 5.60. The summed E-state index contributed by atoms with van der Waals surface area (Å²) < 4.78 is 1.38. The number of aromatic nitrogens is 4. The van der Waals surface area contributed by atoms with Crippen molar-refractivity contribution in [3.05, 3.63) is 87.8 Å². The standard InChI is InChI=1S/C24H27N7O/c1-18-7-9-19(10-8-18)16-25-23-27-24-26-20(15-22(32)31(24)28-23)17-29-11-13-30(14-12-29)21-5-3-2-4-6-21/h2-10,15H,11-14,16-17H2,1H3,(H2,25,26,27,28). The van der Waals surface area contributed by atoms with Crippen molar-refractivity contribution in [1.29, 1.82) is 0 Å². The van der Waals surface area contributed by atoms with E-state index in [4.69, 9.17) is 0 Å². The van der Waals surface area contributed by atoms with Gasteiger partial charge >= 0.3 is 0 Å². The molecule has 164 valence electrons. The van der Waals surface area contributed by atoms with Gasteiger partial charge in [0.05, 0.1) is 5.69 Å². The van der Waals surface area contributed by atoms with Crippen LogP contribution < -0.4 is 15.8 Å². The van der Waals surface area contributed by atoms with E-state index < -0.39 is 0 Å². The number of benzene rings is 2. The Balaban J connectivity index is 1.23. The maximum atomic E-state index is 12.6. The van der Waals surface area contributed by atoms with Gasteiger partial charge in [0.25, 0.3) is 11.3 Å². The molecule has 2 aromatic heterocycles. The monoisotopic (exact) mass is 429 g/mol. The Morgan fingerprint density at radius 3 is 2.47 bits per heavy atom.